The molecule has 0 atom stereocenters. The Morgan fingerprint density at radius 2 is 1.74 bits per heavy atom. The molecule has 0 spiro atoms. The fourth-order valence-corrected chi connectivity index (χ4v) is 5.04. The summed E-state index contributed by atoms with van der Waals surface area (Å²) in [5, 5.41) is 1.06. The van der Waals surface area contributed by atoms with Gasteiger partial charge in [0, 0.05) is 18.7 Å². The molecule has 1 heterocycles. The highest BCUT2D eigenvalue weighted by atomic mass is 79.9. The van der Waals surface area contributed by atoms with Gasteiger partial charge in [-0.3, -0.25) is 0 Å². The van der Waals surface area contributed by atoms with Crippen LogP contribution in [0.1, 0.15) is 30.9 Å². The van der Waals surface area contributed by atoms with E-state index in [2.05, 4.69) is 43.7 Å². The first-order valence-corrected chi connectivity index (χ1v) is 11.4. The summed E-state index contributed by atoms with van der Waals surface area (Å²) < 4.78 is 7.71. The van der Waals surface area contributed by atoms with Crippen molar-refractivity contribution in [2.24, 2.45) is 5.92 Å². The largest absolute Gasteiger partial charge is 0.487 e. The Hall–Kier alpha value is -0.330. The lowest BCUT2D eigenvalue weighted by atomic mass is 9.99. The van der Waals surface area contributed by atoms with Crippen molar-refractivity contribution in [1.82, 2.24) is 4.90 Å². The number of ether oxygens (including phenoxy) is 1. The first-order valence-electron chi connectivity index (χ1n) is 8.70. The number of thiocarbonyl (C=S) groups is 1. The zero-order chi connectivity index (χ0) is 19.6. The Balaban J connectivity index is 1.72. The molecule has 2 aromatic rings. The van der Waals surface area contributed by atoms with Gasteiger partial charge in [0.15, 0.2) is 0 Å². The Morgan fingerprint density at radius 3 is 2.33 bits per heavy atom. The molecule has 144 valence electrons. The van der Waals surface area contributed by atoms with Crippen LogP contribution in [0.4, 0.5) is 0 Å². The molecule has 27 heavy (non-hydrogen) atoms. The van der Waals surface area contributed by atoms with Gasteiger partial charge in [-0.2, -0.15) is 0 Å². The van der Waals surface area contributed by atoms with Crippen molar-refractivity contribution in [2.75, 3.05) is 13.1 Å². The van der Waals surface area contributed by atoms with Crippen LogP contribution in [0.3, 0.4) is 0 Å². The summed E-state index contributed by atoms with van der Waals surface area (Å²) in [6, 6.07) is 9.53. The molecule has 0 bridgehead atoms. The number of nitrogens with zero attached hydrogens (tertiary/aromatic N) is 1. The van der Waals surface area contributed by atoms with Crippen LogP contribution < -0.4 is 4.74 Å². The van der Waals surface area contributed by atoms with Crippen molar-refractivity contribution in [3.05, 3.63) is 60.4 Å². The topological polar surface area (TPSA) is 12.5 Å². The summed E-state index contributed by atoms with van der Waals surface area (Å²) in [5.41, 5.74) is 1.96. The number of hydrogen-bond acceptors (Lipinski definition) is 2. The molecule has 1 aliphatic rings. The van der Waals surface area contributed by atoms with Crippen molar-refractivity contribution < 1.29 is 4.74 Å². The van der Waals surface area contributed by atoms with Crippen LogP contribution in [0, 0.1) is 5.92 Å². The molecule has 0 aliphatic carbocycles. The third-order valence-corrected chi connectivity index (χ3v) is 7.09. The van der Waals surface area contributed by atoms with Gasteiger partial charge < -0.3 is 9.64 Å². The molecule has 2 nitrogen and oxygen atoms in total. The zero-order valence-corrected chi connectivity index (χ0v) is 20.3. The minimum absolute atomic E-state index is 0.391. The molecule has 0 amide bonds. The van der Waals surface area contributed by atoms with Gasteiger partial charge in [-0.05, 0) is 80.4 Å². The quantitative estimate of drug-likeness (QED) is 0.365. The summed E-state index contributed by atoms with van der Waals surface area (Å²) >= 11 is 25.0. The molecule has 1 aliphatic heterocycles. The molecule has 0 unspecified atom stereocenters. The number of benzene rings is 2. The van der Waals surface area contributed by atoms with E-state index in [1.54, 1.807) is 6.07 Å². The lowest BCUT2D eigenvalue weighted by molar-refractivity contribution is 0.284. The van der Waals surface area contributed by atoms with Crippen LogP contribution in [-0.2, 0) is 6.61 Å². The lowest BCUT2D eigenvalue weighted by Gasteiger charge is -2.32. The first kappa shape index (κ1) is 21.4. The van der Waals surface area contributed by atoms with Crippen molar-refractivity contribution in [3.63, 3.8) is 0 Å². The minimum atomic E-state index is 0.391. The average Bonchev–Trinajstić information content (AvgIpc) is 2.63. The van der Waals surface area contributed by atoms with Crippen molar-refractivity contribution in [1.29, 1.82) is 0 Å². The Kier molecular flexibility index (Phi) is 7.48. The third kappa shape index (κ3) is 5.39. The number of piperidine rings is 1. The van der Waals surface area contributed by atoms with Crippen LogP contribution in [-0.4, -0.2) is 23.0 Å². The van der Waals surface area contributed by atoms with E-state index >= 15 is 0 Å². The molecule has 1 fully saturated rings. The highest BCUT2D eigenvalue weighted by Gasteiger charge is 2.20. The predicted octanol–water partition coefficient (Wildman–Crippen LogP) is 7.50. The van der Waals surface area contributed by atoms with E-state index in [-0.39, 0.29) is 0 Å². The van der Waals surface area contributed by atoms with Crippen molar-refractivity contribution in [3.8, 4) is 5.75 Å². The maximum absolute atomic E-state index is 6.07. The van der Waals surface area contributed by atoms with Gasteiger partial charge in [0.25, 0.3) is 0 Å². The second-order valence-electron chi connectivity index (χ2n) is 6.78. The number of halogens is 4. The Labute approximate surface area is 192 Å². The lowest BCUT2D eigenvalue weighted by Crippen LogP contribution is -2.37. The van der Waals surface area contributed by atoms with E-state index in [0.29, 0.717) is 16.7 Å². The highest BCUT2D eigenvalue weighted by molar-refractivity contribution is 9.11. The zero-order valence-electron chi connectivity index (χ0n) is 14.8. The molecule has 2 aromatic carbocycles. The smallest absolute Gasteiger partial charge is 0.148 e. The molecule has 1 saturated heterocycles. The SMILES string of the molecule is CC1CCN(C(=S)c2cc(Br)c(OCc3ccc(Cl)c(Cl)c3)c(Br)c2)CC1. The summed E-state index contributed by atoms with van der Waals surface area (Å²) in [4.78, 5) is 3.18. The fourth-order valence-electron chi connectivity index (χ4n) is 3.00. The van der Waals surface area contributed by atoms with Gasteiger partial charge in [0.05, 0.1) is 19.0 Å². The summed E-state index contributed by atoms with van der Waals surface area (Å²) in [6.07, 6.45) is 2.38. The summed E-state index contributed by atoms with van der Waals surface area (Å²) in [5.74, 6) is 1.51. The normalized spacial score (nSPS) is 15.1. The Morgan fingerprint density at radius 1 is 1.11 bits per heavy atom. The maximum Gasteiger partial charge on any atom is 0.148 e. The molecule has 0 aromatic heterocycles. The number of likely N-dealkylation sites (tertiary alicyclic amines) is 1. The van der Waals surface area contributed by atoms with E-state index in [1.807, 2.05) is 24.3 Å². The van der Waals surface area contributed by atoms with Gasteiger partial charge in [0.1, 0.15) is 17.3 Å². The van der Waals surface area contributed by atoms with Gasteiger partial charge in [-0.15, -0.1) is 0 Å². The van der Waals surface area contributed by atoms with Gasteiger partial charge in [0.2, 0.25) is 0 Å². The number of rotatable bonds is 4. The van der Waals surface area contributed by atoms with E-state index in [0.717, 1.165) is 49.8 Å². The second-order valence-corrected chi connectivity index (χ2v) is 9.69. The predicted molar refractivity (Wildman–Crippen MR) is 124 cm³/mol. The van der Waals surface area contributed by atoms with E-state index in [1.165, 1.54) is 12.8 Å². The molecule has 3 rings (SSSR count). The molecular weight excluding hydrogens is 533 g/mol. The van der Waals surface area contributed by atoms with Crippen molar-refractivity contribution in [2.45, 2.75) is 26.4 Å². The second kappa shape index (κ2) is 9.45. The molecule has 0 N–H and O–H groups in total. The van der Waals surface area contributed by atoms with Crippen LogP contribution in [0.15, 0.2) is 39.3 Å². The standard InChI is InChI=1S/C20H19Br2Cl2NOS/c1-12-4-6-25(7-5-12)20(27)14-9-15(21)19(16(22)10-14)26-11-13-2-3-17(23)18(24)8-13/h2-3,8-10,12H,4-7,11H2,1H3. The van der Waals surface area contributed by atoms with Crippen LogP contribution >= 0.6 is 67.3 Å². The van der Waals surface area contributed by atoms with Gasteiger partial charge >= 0.3 is 0 Å². The molecule has 0 radical (unpaired) electrons. The maximum atomic E-state index is 6.07. The fraction of sp³-hybridized carbons (Fsp3) is 0.350. The van der Waals surface area contributed by atoms with E-state index in [9.17, 15) is 0 Å². The van der Waals surface area contributed by atoms with Gasteiger partial charge in [-0.25, -0.2) is 0 Å². The van der Waals surface area contributed by atoms with Gasteiger partial charge in [-0.1, -0.05) is 48.4 Å². The average molecular weight is 552 g/mol. The van der Waals surface area contributed by atoms with E-state index in [4.69, 9.17) is 40.2 Å². The van der Waals surface area contributed by atoms with Crippen LogP contribution in [0.5, 0.6) is 5.75 Å². The number of hydrogen-bond donors (Lipinski definition) is 0. The highest BCUT2D eigenvalue weighted by Crippen LogP contribution is 2.36. The monoisotopic (exact) mass is 549 g/mol. The third-order valence-electron chi connectivity index (χ3n) is 4.68. The summed E-state index contributed by atoms with van der Waals surface area (Å²) in [7, 11) is 0. The first-order chi connectivity index (χ1) is 12.8. The summed E-state index contributed by atoms with van der Waals surface area (Å²) in [6.45, 7) is 4.73. The van der Waals surface area contributed by atoms with E-state index < -0.39 is 0 Å². The minimum Gasteiger partial charge on any atom is -0.487 e. The molecule has 0 saturated carbocycles. The molecular formula is C20H19Br2Cl2NOS. The Bertz CT molecular complexity index is 831. The van der Waals surface area contributed by atoms with Crippen molar-refractivity contribution >= 4 is 72.3 Å². The van der Waals surface area contributed by atoms with Crippen LogP contribution in [0.25, 0.3) is 0 Å². The molecule has 7 heteroatoms. The van der Waals surface area contributed by atoms with Crippen LogP contribution in [0.2, 0.25) is 10.0 Å².